The lowest BCUT2D eigenvalue weighted by Crippen LogP contribution is -2.65. The zero-order valence-corrected chi connectivity index (χ0v) is 17.0. The van der Waals surface area contributed by atoms with Gasteiger partial charge in [0.1, 0.15) is 0 Å². The minimum Gasteiger partial charge on any atom is -0.389 e. The third-order valence-corrected chi connectivity index (χ3v) is 10.1. The molecule has 0 spiro atoms. The molecule has 144 valence electrons. The minimum absolute atomic E-state index is 0.162. The highest BCUT2D eigenvalue weighted by Crippen LogP contribution is 2.71. The maximum absolute atomic E-state index is 11.8. The molecule has 0 unspecified atom stereocenters. The van der Waals surface area contributed by atoms with Gasteiger partial charge in [-0.1, -0.05) is 20.8 Å². The highest BCUT2D eigenvalue weighted by molar-refractivity contribution is 5.17. The van der Waals surface area contributed by atoms with Crippen LogP contribution in [0.4, 0.5) is 0 Å². The van der Waals surface area contributed by atoms with Gasteiger partial charge in [0.25, 0.3) is 0 Å². The summed E-state index contributed by atoms with van der Waals surface area (Å²) in [6.07, 6.45) is 11.4. The van der Waals surface area contributed by atoms with Gasteiger partial charge in [0, 0.05) is 27.1 Å². The SMILES string of the molecule is COC1(OC)CC[C@]2(C)[C@@H]3CC[C@@]4(C)CCC[C@@]4(O)[C@@H]3CC[C@@]2(C)C1. The van der Waals surface area contributed by atoms with Crippen LogP contribution in [0.2, 0.25) is 0 Å². The second kappa shape index (κ2) is 5.45. The molecule has 0 aliphatic heterocycles. The Hall–Kier alpha value is -0.120. The summed E-state index contributed by atoms with van der Waals surface area (Å²) in [4.78, 5) is 0. The first-order valence-corrected chi connectivity index (χ1v) is 10.5. The van der Waals surface area contributed by atoms with Crippen LogP contribution in [0.15, 0.2) is 0 Å². The summed E-state index contributed by atoms with van der Waals surface area (Å²) in [5.74, 6) is 0.729. The number of ether oxygens (including phenoxy) is 2. The molecule has 25 heavy (non-hydrogen) atoms. The van der Waals surface area contributed by atoms with E-state index in [1.54, 1.807) is 14.2 Å². The van der Waals surface area contributed by atoms with Crippen LogP contribution in [-0.4, -0.2) is 30.7 Å². The first kappa shape index (κ1) is 18.3. The van der Waals surface area contributed by atoms with E-state index in [1.165, 1.54) is 38.5 Å². The molecule has 1 N–H and O–H groups in total. The van der Waals surface area contributed by atoms with E-state index in [4.69, 9.17) is 9.47 Å². The molecule has 0 aromatic carbocycles. The molecule has 0 radical (unpaired) electrons. The van der Waals surface area contributed by atoms with Gasteiger partial charge in [-0.25, -0.2) is 0 Å². The van der Waals surface area contributed by atoms with Crippen molar-refractivity contribution in [3.05, 3.63) is 0 Å². The number of hydrogen-bond donors (Lipinski definition) is 1. The van der Waals surface area contributed by atoms with Crippen molar-refractivity contribution in [2.75, 3.05) is 14.2 Å². The molecule has 6 atom stereocenters. The van der Waals surface area contributed by atoms with Gasteiger partial charge < -0.3 is 14.6 Å². The molecule has 4 rings (SSSR count). The Kier molecular flexibility index (Phi) is 3.98. The van der Waals surface area contributed by atoms with Crippen molar-refractivity contribution in [1.29, 1.82) is 0 Å². The van der Waals surface area contributed by atoms with E-state index in [9.17, 15) is 5.11 Å². The third kappa shape index (κ3) is 2.15. The monoisotopic (exact) mass is 350 g/mol. The van der Waals surface area contributed by atoms with Crippen molar-refractivity contribution in [2.45, 2.75) is 96.4 Å². The van der Waals surface area contributed by atoms with Gasteiger partial charge in [-0.2, -0.15) is 0 Å². The van der Waals surface area contributed by atoms with E-state index >= 15 is 0 Å². The van der Waals surface area contributed by atoms with Crippen molar-refractivity contribution < 1.29 is 14.6 Å². The molecular weight excluding hydrogens is 312 g/mol. The number of rotatable bonds is 2. The molecule has 4 aliphatic rings. The second-order valence-electron chi connectivity index (χ2n) is 10.6. The first-order valence-electron chi connectivity index (χ1n) is 10.5. The predicted molar refractivity (Wildman–Crippen MR) is 99.2 cm³/mol. The first-order chi connectivity index (χ1) is 11.7. The molecule has 0 amide bonds. The van der Waals surface area contributed by atoms with E-state index in [-0.39, 0.29) is 16.2 Å². The summed E-state index contributed by atoms with van der Waals surface area (Å²) in [6, 6.07) is 0. The maximum Gasteiger partial charge on any atom is 0.168 e. The van der Waals surface area contributed by atoms with Crippen LogP contribution in [-0.2, 0) is 9.47 Å². The number of fused-ring (bicyclic) bond motifs is 5. The van der Waals surface area contributed by atoms with E-state index < -0.39 is 11.4 Å². The fraction of sp³-hybridized carbons (Fsp3) is 1.00. The Bertz CT molecular complexity index is 543. The Morgan fingerprint density at radius 2 is 1.40 bits per heavy atom. The molecular formula is C22H38O3. The summed E-state index contributed by atoms with van der Waals surface area (Å²) in [7, 11) is 3.60. The quantitative estimate of drug-likeness (QED) is 0.719. The van der Waals surface area contributed by atoms with Crippen LogP contribution >= 0.6 is 0 Å². The normalized spacial score (nSPS) is 54.5. The zero-order valence-electron chi connectivity index (χ0n) is 17.0. The summed E-state index contributed by atoms with van der Waals surface area (Å²) in [5, 5.41) is 11.8. The van der Waals surface area contributed by atoms with Crippen molar-refractivity contribution in [1.82, 2.24) is 0 Å². The topological polar surface area (TPSA) is 38.7 Å². The summed E-state index contributed by atoms with van der Waals surface area (Å²) in [6.45, 7) is 7.37. The molecule has 0 aromatic heterocycles. The minimum atomic E-state index is -0.419. The maximum atomic E-state index is 11.8. The number of methoxy groups -OCH3 is 2. The molecule has 4 saturated carbocycles. The van der Waals surface area contributed by atoms with Crippen LogP contribution in [0.25, 0.3) is 0 Å². The lowest BCUT2D eigenvalue weighted by molar-refractivity contribution is -0.292. The highest BCUT2D eigenvalue weighted by Gasteiger charge is 2.68. The van der Waals surface area contributed by atoms with Gasteiger partial charge in [0.15, 0.2) is 5.79 Å². The lowest BCUT2D eigenvalue weighted by Gasteiger charge is -2.67. The molecule has 3 heteroatoms. The van der Waals surface area contributed by atoms with Gasteiger partial charge in [-0.05, 0) is 79.4 Å². The van der Waals surface area contributed by atoms with E-state index in [2.05, 4.69) is 20.8 Å². The second-order valence-corrected chi connectivity index (χ2v) is 10.6. The van der Waals surface area contributed by atoms with E-state index in [0.29, 0.717) is 11.8 Å². The van der Waals surface area contributed by atoms with Crippen LogP contribution in [0.3, 0.4) is 0 Å². The molecule has 4 fully saturated rings. The van der Waals surface area contributed by atoms with Gasteiger partial charge in [0.2, 0.25) is 0 Å². The average Bonchev–Trinajstić information content (AvgIpc) is 2.90. The molecule has 3 nitrogen and oxygen atoms in total. The zero-order chi connectivity index (χ0) is 18.1. The fourth-order valence-corrected chi connectivity index (χ4v) is 8.00. The van der Waals surface area contributed by atoms with E-state index in [0.717, 1.165) is 25.7 Å². The molecule has 0 aromatic rings. The summed E-state index contributed by atoms with van der Waals surface area (Å²) < 4.78 is 11.7. The van der Waals surface area contributed by atoms with Gasteiger partial charge in [-0.3, -0.25) is 0 Å². The lowest BCUT2D eigenvalue weighted by atomic mass is 9.39. The van der Waals surface area contributed by atoms with Crippen molar-refractivity contribution in [3.63, 3.8) is 0 Å². The van der Waals surface area contributed by atoms with Gasteiger partial charge in [-0.15, -0.1) is 0 Å². The van der Waals surface area contributed by atoms with Crippen LogP contribution in [0.1, 0.15) is 85.0 Å². The Morgan fingerprint density at radius 1 is 0.760 bits per heavy atom. The van der Waals surface area contributed by atoms with Crippen molar-refractivity contribution >= 4 is 0 Å². The molecule has 4 aliphatic carbocycles. The molecule has 0 heterocycles. The number of hydrogen-bond acceptors (Lipinski definition) is 3. The van der Waals surface area contributed by atoms with E-state index in [1.807, 2.05) is 0 Å². The molecule has 0 saturated heterocycles. The number of aliphatic hydroxyl groups is 1. The Labute approximate surface area is 153 Å². The summed E-state index contributed by atoms with van der Waals surface area (Å²) in [5.41, 5.74) is 0.268. The predicted octanol–water partition coefficient (Wildman–Crippen LogP) is 4.91. The standard InChI is InChI=1S/C22H38O3/c1-18-9-6-10-22(18,23)17-8-12-19(2)15-21(24-4,25-5)14-13-20(19,3)16(17)7-11-18/h16-17,23H,6-15H2,1-5H3/t16-,17-,18-,19+,20-,22-/m1/s1. The van der Waals surface area contributed by atoms with Crippen molar-refractivity contribution in [3.8, 4) is 0 Å². The largest absolute Gasteiger partial charge is 0.389 e. The fourth-order valence-electron chi connectivity index (χ4n) is 8.00. The molecule has 0 bridgehead atoms. The van der Waals surface area contributed by atoms with Crippen LogP contribution < -0.4 is 0 Å². The van der Waals surface area contributed by atoms with Crippen LogP contribution in [0, 0.1) is 28.1 Å². The van der Waals surface area contributed by atoms with Crippen molar-refractivity contribution in [2.24, 2.45) is 28.1 Å². The Balaban J connectivity index is 1.68. The third-order valence-electron chi connectivity index (χ3n) is 10.1. The van der Waals surface area contributed by atoms with Crippen LogP contribution in [0.5, 0.6) is 0 Å². The smallest absolute Gasteiger partial charge is 0.168 e. The van der Waals surface area contributed by atoms with Gasteiger partial charge in [0.05, 0.1) is 5.60 Å². The highest BCUT2D eigenvalue weighted by atomic mass is 16.7. The summed E-state index contributed by atoms with van der Waals surface area (Å²) >= 11 is 0. The van der Waals surface area contributed by atoms with Gasteiger partial charge >= 0.3 is 0 Å². The average molecular weight is 351 g/mol. The Morgan fingerprint density at radius 3 is 2.08 bits per heavy atom.